The van der Waals surface area contributed by atoms with E-state index in [-0.39, 0.29) is 5.75 Å². The number of methoxy groups -OCH3 is 2. The quantitative estimate of drug-likeness (QED) is 0.571. The van der Waals surface area contributed by atoms with Crippen LogP contribution < -0.4 is 5.32 Å². The highest BCUT2D eigenvalue weighted by Crippen LogP contribution is 2.13. The summed E-state index contributed by atoms with van der Waals surface area (Å²) in [4.78, 5) is 0. The molecule has 6 nitrogen and oxygen atoms in total. The summed E-state index contributed by atoms with van der Waals surface area (Å²) in [5, 5.41) is 3.40. The molecule has 1 rings (SSSR count). The van der Waals surface area contributed by atoms with Crippen molar-refractivity contribution in [2.45, 2.75) is 38.1 Å². The highest BCUT2D eigenvalue weighted by atomic mass is 32.2. The Kier molecular flexibility index (Phi) is 9.42. The largest absolute Gasteiger partial charge is 0.385 e. The Morgan fingerprint density at radius 3 is 2.52 bits per heavy atom. The number of ether oxygens (including phenoxy) is 2. The van der Waals surface area contributed by atoms with Crippen LogP contribution in [0.5, 0.6) is 0 Å². The second kappa shape index (κ2) is 10.5. The second-order valence-corrected chi connectivity index (χ2v) is 7.58. The number of hydrogen-bond acceptors (Lipinski definition) is 5. The lowest BCUT2D eigenvalue weighted by Crippen LogP contribution is -2.40. The van der Waals surface area contributed by atoms with E-state index in [0.29, 0.717) is 45.2 Å². The average molecular weight is 322 g/mol. The molecule has 0 spiro atoms. The molecule has 1 aliphatic heterocycles. The summed E-state index contributed by atoms with van der Waals surface area (Å²) >= 11 is 0. The van der Waals surface area contributed by atoms with Crippen LogP contribution in [0.15, 0.2) is 0 Å². The molecule has 0 aromatic heterocycles. The van der Waals surface area contributed by atoms with Crippen molar-refractivity contribution in [3.63, 3.8) is 0 Å². The Morgan fingerprint density at radius 2 is 1.90 bits per heavy atom. The van der Waals surface area contributed by atoms with Gasteiger partial charge in [0.05, 0.1) is 12.4 Å². The molecule has 0 aromatic rings. The molecular weight excluding hydrogens is 292 g/mol. The van der Waals surface area contributed by atoms with Crippen molar-refractivity contribution in [3.05, 3.63) is 0 Å². The van der Waals surface area contributed by atoms with Gasteiger partial charge >= 0.3 is 0 Å². The van der Waals surface area contributed by atoms with Crippen LogP contribution in [-0.2, 0) is 19.5 Å². The van der Waals surface area contributed by atoms with Crippen LogP contribution in [0.3, 0.4) is 0 Å². The molecule has 0 bridgehead atoms. The van der Waals surface area contributed by atoms with Crippen molar-refractivity contribution < 1.29 is 17.9 Å². The Hall–Kier alpha value is -0.210. The molecular formula is C14H30N2O4S. The number of piperidine rings is 1. The van der Waals surface area contributed by atoms with Gasteiger partial charge in [0.2, 0.25) is 10.0 Å². The van der Waals surface area contributed by atoms with Gasteiger partial charge in [0.1, 0.15) is 0 Å². The Labute approximate surface area is 129 Å². The summed E-state index contributed by atoms with van der Waals surface area (Å²) in [6.07, 6.45) is 4.87. The van der Waals surface area contributed by atoms with Gasteiger partial charge in [-0.3, -0.25) is 0 Å². The van der Waals surface area contributed by atoms with Crippen molar-refractivity contribution in [1.82, 2.24) is 9.62 Å². The van der Waals surface area contributed by atoms with Crippen LogP contribution in [0.25, 0.3) is 0 Å². The molecule has 1 unspecified atom stereocenters. The van der Waals surface area contributed by atoms with Crippen molar-refractivity contribution in [2.24, 2.45) is 0 Å². The summed E-state index contributed by atoms with van der Waals surface area (Å²) in [6, 6.07) is 0.344. The molecule has 1 saturated heterocycles. The maximum absolute atomic E-state index is 12.5. The zero-order chi connectivity index (χ0) is 15.6. The zero-order valence-corrected chi connectivity index (χ0v) is 14.2. The van der Waals surface area contributed by atoms with Gasteiger partial charge in [0.15, 0.2) is 0 Å². The summed E-state index contributed by atoms with van der Waals surface area (Å²) in [5.74, 6) is 0.210. The van der Waals surface area contributed by atoms with E-state index in [0.717, 1.165) is 13.0 Å². The Balaban J connectivity index is 2.46. The van der Waals surface area contributed by atoms with Crippen LogP contribution in [0.2, 0.25) is 0 Å². The molecule has 1 heterocycles. The molecule has 1 aliphatic rings. The summed E-state index contributed by atoms with van der Waals surface area (Å²) in [5.41, 5.74) is 0. The summed E-state index contributed by atoms with van der Waals surface area (Å²) in [7, 11) is 0.000229. The molecule has 126 valence electrons. The minimum atomic E-state index is -3.22. The van der Waals surface area contributed by atoms with Gasteiger partial charge in [-0.1, -0.05) is 6.42 Å². The summed E-state index contributed by atoms with van der Waals surface area (Å²) < 4.78 is 36.5. The molecule has 1 atom stereocenters. The minimum absolute atomic E-state index is 0.210. The fourth-order valence-corrected chi connectivity index (χ4v) is 4.16. The van der Waals surface area contributed by atoms with Gasteiger partial charge < -0.3 is 14.8 Å². The van der Waals surface area contributed by atoms with Gasteiger partial charge in [0, 0.05) is 40.0 Å². The number of hydrogen-bond donors (Lipinski definition) is 1. The fraction of sp³-hybridized carbons (Fsp3) is 1.00. The van der Waals surface area contributed by atoms with Crippen LogP contribution in [0.4, 0.5) is 0 Å². The standard InChI is InChI=1S/C14H30N2O4S/c1-19-11-5-9-16(10-12-20-2)21(17,18)13-7-14-6-3-4-8-15-14/h14-15H,3-13H2,1-2H3. The number of nitrogens with zero attached hydrogens (tertiary/aromatic N) is 1. The van der Waals surface area contributed by atoms with Gasteiger partial charge in [-0.05, 0) is 32.2 Å². The van der Waals surface area contributed by atoms with E-state index in [4.69, 9.17) is 9.47 Å². The van der Waals surface area contributed by atoms with E-state index < -0.39 is 10.0 Å². The lowest BCUT2D eigenvalue weighted by molar-refractivity contribution is 0.164. The SMILES string of the molecule is COCCCN(CCOC)S(=O)(=O)CCC1CCCCN1. The smallest absolute Gasteiger partial charge is 0.214 e. The predicted octanol–water partition coefficient (Wildman–Crippen LogP) is 0.833. The van der Waals surface area contributed by atoms with Gasteiger partial charge in [-0.15, -0.1) is 0 Å². The lowest BCUT2D eigenvalue weighted by atomic mass is 10.0. The van der Waals surface area contributed by atoms with Crippen molar-refractivity contribution in [1.29, 1.82) is 0 Å². The van der Waals surface area contributed by atoms with Gasteiger partial charge in [-0.25, -0.2) is 8.42 Å². The average Bonchev–Trinajstić information content (AvgIpc) is 2.49. The first kappa shape index (κ1) is 18.8. The molecule has 0 amide bonds. The van der Waals surface area contributed by atoms with E-state index in [1.165, 1.54) is 12.8 Å². The molecule has 0 saturated carbocycles. The maximum Gasteiger partial charge on any atom is 0.214 e. The van der Waals surface area contributed by atoms with Crippen LogP contribution in [-0.4, -0.2) is 71.6 Å². The van der Waals surface area contributed by atoms with E-state index in [1.54, 1.807) is 18.5 Å². The first-order valence-electron chi connectivity index (χ1n) is 7.79. The van der Waals surface area contributed by atoms with E-state index in [9.17, 15) is 8.42 Å². The number of nitrogens with one attached hydrogen (secondary N) is 1. The predicted molar refractivity (Wildman–Crippen MR) is 84.0 cm³/mol. The summed E-state index contributed by atoms with van der Waals surface area (Å²) in [6.45, 7) is 2.92. The molecule has 1 fully saturated rings. The highest BCUT2D eigenvalue weighted by Gasteiger charge is 2.23. The number of sulfonamides is 1. The Bertz CT molecular complexity index is 356. The third-order valence-electron chi connectivity index (χ3n) is 3.83. The first-order chi connectivity index (χ1) is 10.1. The van der Waals surface area contributed by atoms with Gasteiger partial charge in [-0.2, -0.15) is 4.31 Å². The molecule has 21 heavy (non-hydrogen) atoms. The van der Waals surface area contributed by atoms with E-state index in [1.807, 2.05) is 0 Å². The van der Waals surface area contributed by atoms with Crippen LogP contribution in [0, 0.1) is 0 Å². The Morgan fingerprint density at radius 1 is 1.14 bits per heavy atom. The number of rotatable bonds is 11. The second-order valence-electron chi connectivity index (χ2n) is 5.49. The third kappa shape index (κ3) is 7.56. The van der Waals surface area contributed by atoms with Crippen LogP contribution in [0.1, 0.15) is 32.1 Å². The fourth-order valence-electron chi connectivity index (χ4n) is 2.56. The minimum Gasteiger partial charge on any atom is -0.385 e. The monoisotopic (exact) mass is 322 g/mol. The molecule has 0 aromatic carbocycles. The normalized spacial score (nSPS) is 20.0. The van der Waals surface area contributed by atoms with Crippen LogP contribution >= 0.6 is 0 Å². The molecule has 0 aliphatic carbocycles. The van der Waals surface area contributed by atoms with Crippen molar-refractivity contribution in [2.75, 3.05) is 52.8 Å². The van der Waals surface area contributed by atoms with E-state index >= 15 is 0 Å². The van der Waals surface area contributed by atoms with E-state index in [2.05, 4.69) is 5.32 Å². The lowest BCUT2D eigenvalue weighted by Gasteiger charge is -2.26. The molecule has 0 radical (unpaired) electrons. The highest BCUT2D eigenvalue weighted by molar-refractivity contribution is 7.89. The van der Waals surface area contributed by atoms with Gasteiger partial charge in [0.25, 0.3) is 0 Å². The molecule has 7 heteroatoms. The molecule has 1 N–H and O–H groups in total. The first-order valence-corrected chi connectivity index (χ1v) is 9.40. The van der Waals surface area contributed by atoms with Crippen molar-refractivity contribution >= 4 is 10.0 Å². The third-order valence-corrected chi connectivity index (χ3v) is 5.73. The zero-order valence-electron chi connectivity index (χ0n) is 13.3. The van der Waals surface area contributed by atoms with Crippen molar-refractivity contribution in [3.8, 4) is 0 Å². The maximum atomic E-state index is 12.5. The topological polar surface area (TPSA) is 67.9 Å².